The summed E-state index contributed by atoms with van der Waals surface area (Å²) in [5.41, 5.74) is 1.25. The first-order valence-electron chi connectivity index (χ1n) is 6.38. The molecule has 1 atom stereocenters. The lowest BCUT2D eigenvalue weighted by Crippen LogP contribution is -2.34. The predicted molar refractivity (Wildman–Crippen MR) is 74.8 cm³/mol. The number of nitrogens with one attached hydrogen (secondary N) is 1. The molecule has 1 N–H and O–H groups in total. The SMILES string of the molecule is CC(C)/C=C1/C(=O)C=CC1NC(=O)c1ccccc1. The second-order valence-corrected chi connectivity index (χ2v) is 4.91. The first-order valence-corrected chi connectivity index (χ1v) is 6.38. The maximum absolute atomic E-state index is 12.1. The summed E-state index contributed by atoms with van der Waals surface area (Å²) in [4.78, 5) is 23.8. The molecule has 0 bridgehead atoms. The number of ketones is 1. The second-order valence-electron chi connectivity index (χ2n) is 4.91. The molecule has 1 amide bonds. The number of amides is 1. The minimum Gasteiger partial charge on any atom is -0.342 e. The molecule has 19 heavy (non-hydrogen) atoms. The van der Waals surface area contributed by atoms with Crippen LogP contribution in [0, 0.1) is 5.92 Å². The van der Waals surface area contributed by atoms with Crippen LogP contribution in [0.2, 0.25) is 0 Å². The normalized spacial score (nSPS) is 20.3. The summed E-state index contributed by atoms with van der Waals surface area (Å²) in [7, 11) is 0. The highest BCUT2D eigenvalue weighted by molar-refractivity contribution is 6.09. The smallest absolute Gasteiger partial charge is 0.252 e. The van der Waals surface area contributed by atoms with Gasteiger partial charge in [-0.1, -0.05) is 44.2 Å². The van der Waals surface area contributed by atoms with Crippen LogP contribution >= 0.6 is 0 Å². The molecule has 0 radical (unpaired) electrons. The molecule has 0 aliphatic heterocycles. The third-order valence-corrected chi connectivity index (χ3v) is 2.90. The van der Waals surface area contributed by atoms with Gasteiger partial charge in [0.1, 0.15) is 0 Å². The fraction of sp³-hybridized carbons (Fsp3) is 0.250. The Balaban J connectivity index is 2.13. The van der Waals surface area contributed by atoms with Gasteiger partial charge < -0.3 is 5.32 Å². The molecule has 3 heteroatoms. The Hall–Kier alpha value is -2.16. The number of carbonyl (C=O) groups is 2. The lowest BCUT2D eigenvalue weighted by molar-refractivity contribution is -0.111. The second kappa shape index (κ2) is 5.65. The van der Waals surface area contributed by atoms with Crippen LogP contribution in [-0.4, -0.2) is 17.7 Å². The van der Waals surface area contributed by atoms with Crippen LogP contribution in [-0.2, 0) is 4.79 Å². The molecule has 1 aliphatic carbocycles. The Morgan fingerprint density at radius 2 is 1.95 bits per heavy atom. The van der Waals surface area contributed by atoms with E-state index in [1.54, 1.807) is 18.2 Å². The van der Waals surface area contributed by atoms with Crippen LogP contribution in [0.15, 0.2) is 54.1 Å². The van der Waals surface area contributed by atoms with Gasteiger partial charge in [-0.2, -0.15) is 0 Å². The van der Waals surface area contributed by atoms with Crippen molar-refractivity contribution < 1.29 is 9.59 Å². The van der Waals surface area contributed by atoms with Crippen molar-refractivity contribution in [2.24, 2.45) is 5.92 Å². The third-order valence-electron chi connectivity index (χ3n) is 2.90. The number of carbonyl (C=O) groups excluding carboxylic acids is 2. The standard InChI is InChI=1S/C16H17NO2/c1-11(2)10-13-14(8-9-15(13)18)17-16(19)12-6-4-3-5-7-12/h3-11,14H,1-2H3,(H,17,19)/b13-10+. The van der Waals surface area contributed by atoms with Crippen molar-refractivity contribution in [2.75, 3.05) is 0 Å². The highest BCUT2D eigenvalue weighted by Crippen LogP contribution is 2.17. The van der Waals surface area contributed by atoms with E-state index in [-0.39, 0.29) is 23.7 Å². The van der Waals surface area contributed by atoms with Crippen LogP contribution < -0.4 is 5.32 Å². The van der Waals surface area contributed by atoms with Gasteiger partial charge in [-0.3, -0.25) is 9.59 Å². The molecule has 0 saturated heterocycles. The molecule has 1 aromatic carbocycles. The summed E-state index contributed by atoms with van der Waals surface area (Å²) in [6, 6.07) is 8.68. The molecular formula is C16H17NO2. The van der Waals surface area contributed by atoms with Crippen molar-refractivity contribution in [1.29, 1.82) is 0 Å². The molecule has 1 unspecified atom stereocenters. The van der Waals surface area contributed by atoms with Crippen molar-refractivity contribution in [3.63, 3.8) is 0 Å². The van der Waals surface area contributed by atoms with E-state index >= 15 is 0 Å². The largest absolute Gasteiger partial charge is 0.342 e. The first-order chi connectivity index (χ1) is 9.08. The lowest BCUT2D eigenvalue weighted by Gasteiger charge is -2.14. The first kappa shape index (κ1) is 13.3. The quantitative estimate of drug-likeness (QED) is 0.843. The Kier molecular flexibility index (Phi) is 3.95. The molecule has 0 fully saturated rings. The van der Waals surface area contributed by atoms with Crippen molar-refractivity contribution in [3.05, 3.63) is 59.7 Å². The number of allylic oxidation sites excluding steroid dienone is 2. The third kappa shape index (κ3) is 3.19. The van der Waals surface area contributed by atoms with Crippen molar-refractivity contribution in [1.82, 2.24) is 5.32 Å². The molecule has 0 aromatic heterocycles. The van der Waals surface area contributed by atoms with Gasteiger partial charge >= 0.3 is 0 Å². The molecule has 0 spiro atoms. The molecule has 1 aromatic rings. The van der Waals surface area contributed by atoms with E-state index in [1.165, 1.54) is 6.08 Å². The van der Waals surface area contributed by atoms with Crippen molar-refractivity contribution >= 4 is 11.7 Å². The molecule has 3 nitrogen and oxygen atoms in total. The maximum Gasteiger partial charge on any atom is 0.252 e. The summed E-state index contributed by atoms with van der Waals surface area (Å²) in [6.07, 6.45) is 5.15. The van der Waals surface area contributed by atoms with Crippen LogP contribution in [0.4, 0.5) is 0 Å². The molecule has 2 rings (SSSR count). The topological polar surface area (TPSA) is 46.2 Å². The number of benzene rings is 1. The number of hydrogen-bond acceptors (Lipinski definition) is 2. The highest BCUT2D eigenvalue weighted by atomic mass is 16.2. The van der Waals surface area contributed by atoms with E-state index in [0.29, 0.717) is 11.1 Å². The molecule has 98 valence electrons. The zero-order chi connectivity index (χ0) is 13.8. The zero-order valence-corrected chi connectivity index (χ0v) is 11.1. The number of rotatable bonds is 3. The summed E-state index contributed by atoms with van der Waals surface area (Å²) in [5, 5.41) is 2.87. The zero-order valence-electron chi connectivity index (χ0n) is 11.1. The van der Waals surface area contributed by atoms with E-state index in [0.717, 1.165) is 0 Å². The van der Waals surface area contributed by atoms with Crippen LogP contribution in [0.3, 0.4) is 0 Å². The minimum absolute atomic E-state index is 0.0212. The average molecular weight is 255 g/mol. The van der Waals surface area contributed by atoms with Gasteiger partial charge in [0, 0.05) is 11.1 Å². The summed E-state index contributed by atoms with van der Waals surface area (Å²) in [6.45, 7) is 4.02. The lowest BCUT2D eigenvalue weighted by atomic mass is 10.0. The Morgan fingerprint density at radius 1 is 1.26 bits per heavy atom. The van der Waals surface area contributed by atoms with E-state index in [2.05, 4.69) is 5.32 Å². The minimum atomic E-state index is -0.317. The van der Waals surface area contributed by atoms with Crippen LogP contribution in [0.25, 0.3) is 0 Å². The Bertz CT molecular complexity index is 541. The van der Waals surface area contributed by atoms with Gasteiger partial charge in [0.15, 0.2) is 5.78 Å². The summed E-state index contributed by atoms with van der Waals surface area (Å²) < 4.78 is 0. The van der Waals surface area contributed by atoms with Crippen molar-refractivity contribution in [2.45, 2.75) is 19.9 Å². The molecular weight excluding hydrogens is 238 g/mol. The highest BCUT2D eigenvalue weighted by Gasteiger charge is 2.24. The maximum atomic E-state index is 12.1. The fourth-order valence-electron chi connectivity index (χ4n) is 2.02. The number of hydrogen-bond donors (Lipinski definition) is 1. The van der Waals surface area contributed by atoms with Crippen LogP contribution in [0.1, 0.15) is 24.2 Å². The molecule has 1 aliphatic rings. The van der Waals surface area contributed by atoms with E-state index in [4.69, 9.17) is 0 Å². The van der Waals surface area contributed by atoms with Crippen LogP contribution in [0.5, 0.6) is 0 Å². The van der Waals surface area contributed by atoms with Crippen molar-refractivity contribution in [3.8, 4) is 0 Å². The van der Waals surface area contributed by atoms with Gasteiger partial charge in [-0.25, -0.2) is 0 Å². The fourth-order valence-corrected chi connectivity index (χ4v) is 2.02. The Morgan fingerprint density at radius 3 is 2.58 bits per heavy atom. The van der Waals surface area contributed by atoms with E-state index in [9.17, 15) is 9.59 Å². The van der Waals surface area contributed by atoms with E-state index < -0.39 is 0 Å². The van der Waals surface area contributed by atoms with Gasteiger partial charge in [-0.15, -0.1) is 0 Å². The van der Waals surface area contributed by atoms with Gasteiger partial charge in [-0.05, 0) is 24.1 Å². The molecule has 0 saturated carbocycles. The molecule has 0 heterocycles. The average Bonchev–Trinajstić information content (AvgIpc) is 2.72. The van der Waals surface area contributed by atoms with Gasteiger partial charge in [0.25, 0.3) is 5.91 Å². The summed E-state index contributed by atoms with van der Waals surface area (Å²) >= 11 is 0. The Labute approximate surface area is 113 Å². The monoisotopic (exact) mass is 255 g/mol. The van der Waals surface area contributed by atoms with E-state index in [1.807, 2.05) is 38.1 Å². The van der Waals surface area contributed by atoms with Gasteiger partial charge in [0.05, 0.1) is 6.04 Å². The van der Waals surface area contributed by atoms with Gasteiger partial charge in [0.2, 0.25) is 0 Å². The predicted octanol–water partition coefficient (Wildman–Crippen LogP) is 2.51. The summed E-state index contributed by atoms with van der Waals surface area (Å²) in [5.74, 6) is 0.0849.